The fraction of sp³-hybridized carbons (Fsp3) is 0.136. The van der Waals surface area contributed by atoms with Crippen LogP contribution in [0.5, 0.6) is 17.2 Å². The standard InChI is InChI=1S/C22H16BrNO5/c1-28-17-7-11(23)6-15(21(17)26)18-13-5-3-10-2-4-12(25)8-14(10)20(13)24-16-9-29-22(27)19(16)18/h2-8,18,24-26H,9H2,1H3. The Morgan fingerprint density at radius 1 is 1.14 bits per heavy atom. The predicted octanol–water partition coefficient (Wildman–Crippen LogP) is 4.39. The average molecular weight is 454 g/mol. The number of fused-ring (bicyclic) bond motifs is 3. The molecular formula is C22H16BrNO5. The highest BCUT2D eigenvalue weighted by Crippen LogP contribution is 2.51. The molecular weight excluding hydrogens is 438 g/mol. The Labute approximate surface area is 174 Å². The van der Waals surface area contributed by atoms with Crippen molar-refractivity contribution in [3.05, 3.63) is 69.3 Å². The Kier molecular flexibility index (Phi) is 3.96. The minimum atomic E-state index is -0.547. The summed E-state index contributed by atoms with van der Waals surface area (Å²) < 4.78 is 11.3. The minimum Gasteiger partial charge on any atom is -0.508 e. The van der Waals surface area contributed by atoms with Crippen molar-refractivity contribution >= 4 is 38.4 Å². The van der Waals surface area contributed by atoms with Gasteiger partial charge in [0.15, 0.2) is 11.5 Å². The number of benzene rings is 3. The summed E-state index contributed by atoms with van der Waals surface area (Å²) in [5.41, 5.74) is 3.23. The summed E-state index contributed by atoms with van der Waals surface area (Å²) in [5, 5.41) is 26.0. The molecule has 2 aliphatic heterocycles. The van der Waals surface area contributed by atoms with Crippen LogP contribution in [0, 0.1) is 0 Å². The van der Waals surface area contributed by atoms with Crippen molar-refractivity contribution < 1.29 is 24.5 Å². The number of phenolic OH excluding ortho intramolecular Hbond substituents is 2. The number of aromatic hydroxyl groups is 2. The molecule has 0 fully saturated rings. The number of nitrogens with one attached hydrogen (secondary N) is 1. The lowest BCUT2D eigenvalue weighted by molar-refractivity contribution is -0.136. The number of anilines is 1. The second kappa shape index (κ2) is 6.42. The largest absolute Gasteiger partial charge is 0.508 e. The molecule has 3 aromatic rings. The van der Waals surface area contributed by atoms with Gasteiger partial charge in [-0.2, -0.15) is 0 Å². The minimum absolute atomic E-state index is 0.0314. The second-order valence-corrected chi connectivity index (χ2v) is 7.92. The number of rotatable bonds is 2. The van der Waals surface area contributed by atoms with Crippen LogP contribution in [0.2, 0.25) is 0 Å². The van der Waals surface area contributed by atoms with E-state index in [9.17, 15) is 15.0 Å². The highest BCUT2D eigenvalue weighted by atomic mass is 79.9. The number of hydrogen-bond donors (Lipinski definition) is 3. The Bertz CT molecular complexity index is 1230. The van der Waals surface area contributed by atoms with Crippen LogP contribution >= 0.6 is 15.9 Å². The molecule has 2 aliphatic rings. The van der Waals surface area contributed by atoms with Crippen molar-refractivity contribution in [3.63, 3.8) is 0 Å². The van der Waals surface area contributed by atoms with Crippen LogP contribution in [-0.4, -0.2) is 29.9 Å². The van der Waals surface area contributed by atoms with Crippen LogP contribution in [0.15, 0.2) is 58.2 Å². The van der Waals surface area contributed by atoms with E-state index in [1.807, 2.05) is 18.2 Å². The zero-order valence-corrected chi connectivity index (χ0v) is 16.9. The molecule has 2 heterocycles. The van der Waals surface area contributed by atoms with Crippen LogP contribution in [0.4, 0.5) is 5.69 Å². The van der Waals surface area contributed by atoms with Crippen LogP contribution in [0.3, 0.4) is 0 Å². The first-order valence-corrected chi connectivity index (χ1v) is 9.76. The molecule has 0 aromatic heterocycles. The molecule has 0 saturated heterocycles. The first-order valence-electron chi connectivity index (χ1n) is 8.97. The molecule has 0 saturated carbocycles. The van der Waals surface area contributed by atoms with E-state index in [1.54, 1.807) is 24.3 Å². The lowest BCUT2D eigenvalue weighted by Crippen LogP contribution is -2.20. The fourth-order valence-corrected chi connectivity index (χ4v) is 4.57. The number of carbonyl (C=O) groups excluding carboxylic acids is 1. The molecule has 0 aliphatic carbocycles. The molecule has 0 radical (unpaired) electrons. The number of cyclic esters (lactones) is 1. The van der Waals surface area contributed by atoms with E-state index >= 15 is 0 Å². The summed E-state index contributed by atoms with van der Waals surface area (Å²) in [4.78, 5) is 12.6. The number of phenols is 2. The van der Waals surface area contributed by atoms with Gasteiger partial charge in [-0.3, -0.25) is 0 Å². The summed E-state index contributed by atoms with van der Waals surface area (Å²) in [6.07, 6.45) is 0. The monoisotopic (exact) mass is 453 g/mol. The van der Waals surface area contributed by atoms with E-state index in [0.29, 0.717) is 27.1 Å². The number of halogens is 1. The van der Waals surface area contributed by atoms with Gasteiger partial charge in [0.25, 0.3) is 0 Å². The number of carbonyl (C=O) groups is 1. The quantitative estimate of drug-likeness (QED) is 0.498. The molecule has 1 atom stereocenters. The summed E-state index contributed by atoms with van der Waals surface area (Å²) >= 11 is 3.46. The Morgan fingerprint density at radius 2 is 1.93 bits per heavy atom. The number of ether oxygens (including phenoxy) is 2. The molecule has 3 aromatic carbocycles. The molecule has 7 heteroatoms. The van der Waals surface area contributed by atoms with E-state index in [4.69, 9.17) is 9.47 Å². The zero-order chi connectivity index (χ0) is 20.3. The van der Waals surface area contributed by atoms with Gasteiger partial charge in [0.1, 0.15) is 12.4 Å². The topological polar surface area (TPSA) is 88.0 Å². The van der Waals surface area contributed by atoms with Crippen molar-refractivity contribution in [2.75, 3.05) is 19.0 Å². The van der Waals surface area contributed by atoms with Gasteiger partial charge < -0.3 is 25.0 Å². The third kappa shape index (κ3) is 2.65. The Morgan fingerprint density at radius 3 is 2.72 bits per heavy atom. The first-order chi connectivity index (χ1) is 14.0. The van der Waals surface area contributed by atoms with Gasteiger partial charge in [0.2, 0.25) is 0 Å². The van der Waals surface area contributed by atoms with E-state index < -0.39 is 11.9 Å². The van der Waals surface area contributed by atoms with Crippen molar-refractivity contribution in [1.82, 2.24) is 0 Å². The van der Waals surface area contributed by atoms with E-state index in [1.165, 1.54) is 7.11 Å². The number of hydrogen-bond acceptors (Lipinski definition) is 6. The molecule has 0 amide bonds. The SMILES string of the molecule is COc1cc(Br)cc(C2C3=C(COC3=O)Nc3c2ccc2ccc(O)cc32)c1O. The molecule has 0 bridgehead atoms. The van der Waals surface area contributed by atoms with E-state index in [2.05, 4.69) is 21.2 Å². The molecule has 146 valence electrons. The van der Waals surface area contributed by atoms with Gasteiger partial charge in [-0.1, -0.05) is 34.1 Å². The average Bonchev–Trinajstić information content (AvgIpc) is 3.08. The second-order valence-electron chi connectivity index (χ2n) is 7.01. The number of methoxy groups -OCH3 is 1. The van der Waals surface area contributed by atoms with E-state index in [-0.39, 0.29) is 18.1 Å². The molecule has 3 N–H and O–H groups in total. The van der Waals surface area contributed by atoms with Gasteiger partial charge in [-0.25, -0.2) is 4.79 Å². The third-order valence-corrected chi connectivity index (χ3v) is 5.86. The maximum Gasteiger partial charge on any atom is 0.337 e. The zero-order valence-electron chi connectivity index (χ0n) is 15.3. The summed E-state index contributed by atoms with van der Waals surface area (Å²) in [6, 6.07) is 12.5. The number of esters is 1. The highest BCUT2D eigenvalue weighted by Gasteiger charge is 2.40. The van der Waals surface area contributed by atoms with Crippen LogP contribution in [-0.2, 0) is 9.53 Å². The highest BCUT2D eigenvalue weighted by molar-refractivity contribution is 9.10. The summed E-state index contributed by atoms with van der Waals surface area (Å²) in [7, 11) is 1.48. The van der Waals surface area contributed by atoms with Gasteiger partial charge in [0, 0.05) is 21.3 Å². The van der Waals surface area contributed by atoms with Crippen LogP contribution in [0.25, 0.3) is 10.8 Å². The summed E-state index contributed by atoms with van der Waals surface area (Å²) in [5.74, 6) is -0.542. The lowest BCUT2D eigenvalue weighted by atomic mass is 9.79. The summed E-state index contributed by atoms with van der Waals surface area (Å²) in [6.45, 7) is 0.130. The van der Waals surface area contributed by atoms with Gasteiger partial charge >= 0.3 is 5.97 Å². The van der Waals surface area contributed by atoms with Gasteiger partial charge in [-0.05, 0) is 35.2 Å². The van der Waals surface area contributed by atoms with Crippen molar-refractivity contribution in [2.45, 2.75) is 5.92 Å². The van der Waals surface area contributed by atoms with Crippen molar-refractivity contribution in [1.29, 1.82) is 0 Å². The van der Waals surface area contributed by atoms with Gasteiger partial charge in [0.05, 0.1) is 24.1 Å². The first kappa shape index (κ1) is 17.9. The molecule has 6 nitrogen and oxygen atoms in total. The van der Waals surface area contributed by atoms with Crippen LogP contribution in [0.1, 0.15) is 17.0 Å². The fourth-order valence-electron chi connectivity index (χ4n) is 4.12. The molecule has 0 spiro atoms. The molecule has 1 unspecified atom stereocenters. The molecule has 29 heavy (non-hydrogen) atoms. The smallest absolute Gasteiger partial charge is 0.337 e. The van der Waals surface area contributed by atoms with Crippen molar-refractivity contribution in [3.8, 4) is 17.2 Å². The van der Waals surface area contributed by atoms with Crippen LogP contribution < -0.4 is 10.1 Å². The van der Waals surface area contributed by atoms with Crippen molar-refractivity contribution in [2.24, 2.45) is 0 Å². The lowest BCUT2D eigenvalue weighted by Gasteiger charge is -2.29. The van der Waals surface area contributed by atoms with E-state index in [0.717, 1.165) is 22.0 Å². The molecule has 5 rings (SSSR count). The maximum absolute atomic E-state index is 12.6. The van der Waals surface area contributed by atoms with Gasteiger partial charge in [-0.15, -0.1) is 0 Å². The predicted molar refractivity (Wildman–Crippen MR) is 111 cm³/mol. The maximum atomic E-state index is 12.6. The Hall–Kier alpha value is -3.19. The normalized spacial score (nSPS) is 17.6. The third-order valence-electron chi connectivity index (χ3n) is 5.41. The Balaban J connectivity index is 1.84.